The van der Waals surface area contributed by atoms with Gasteiger partial charge in [0.05, 0.1) is 5.69 Å². The molecule has 0 spiro atoms. The van der Waals surface area contributed by atoms with Crippen LogP contribution < -0.4 is 5.32 Å². The fourth-order valence-electron chi connectivity index (χ4n) is 2.27. The van der Waals surface area contributed by atoms with E-state index >= 15 is 0 Å². The third-order valence-corrected chi connectivity index (χ3v) is 3.69. The Bertz CT molecular complexity index is 503. The van der Waals surface area contributed by atoms with E-state index in [-0.39, 0.29) is 5.91 Å². The van der Waals surface area contributed by atoms with E-state index in [4.69, 9.17) is 0 Å². The molecule has 19 heavy (non-hydrogen) atoms. The number of carbonyl (C=O) groups is 2. The topological polar surface area (TPSA) is 84.2 Å². The van der Waals surface area contributed by atoms with Crippen molar-refractivity contribution in [2.75, 3.05) is 0 Å². The van der Waals surface area contributed by atoms with Crippen LogP contribution in [0.15, 0.2) is 6.07 Å². The van der Waals surface area contributed by atoms with Crippen molar-refractivity contribution >= 4 is 11.9 Å². The molecule has 1 saturated carbocycles. The summed E-state index contributed by atoms with van der Waals surface area (Å²) in [5.74, 6) is -1.30. The average molecular weight is 265 g/mol. The van der Waals surface area contributed by atoms with E-state index in [9.17, 15) is 14.7 Å². The fraction of sp³-hybridized carbons (Fsp3) is 0.615. The first kappa shape index (κ1) is 13.6. The van der Waals surface area contributed by atoms with Crippen LogP contribution in [0.1, 0.15) is 49.3 Å². The van der Waals surface area contributed by atoms with Crippen LogP contribution in [0.3, 0.4) is 0 Å². The van der Waals surface area contributed by atoms with Gasteiger partial charge in [-0.25, -0.2) is 4.79 Å². The quantitative estimate of drug-likeness (QED) is 0.838. The normalized spacial score (nSPS) is 16.7. The zero-order valence-electron chi connectivity index (χ0n) is 11.3. The van der Waals surface area contributed by atoms with Crippen molar-refractivity contribution in [1.29, 1.82) is 0 Å². The Hall–Kier alpha value is -1.85. The number of carboxylic acid groups (broad SMARTS) is 1. The molecule has 2 N–H and O–H groups in total. The van der Waals surface area contributed by atoms with E-state index < -0.39 is 11.5 Å². The molecule has 1 aliphatic carbocycles. The molecule has 0 aromatic carbocycles. The van der Waals surface area contributed by atoms with Gasteiger partial charge in [-0.2, -0.15) is 5.10 Å². The van der Waals surface area contributed by atoms with Crippen molar-refractivity contribution in [2.45, 2.75) is 51.6 Å². The summed E-state index contributed by atoms with van der Waals surface area (Å²) in [7, 11) is 0. The molecular weight excluding hydrogens is 246 g/mol. The predicted molar refractivity (Wildman–Crippen MR) is 69.0 cm³/mol. The second kappa shape index (κ2) is 5.03. The minimum absolute atomic E-state index is 0.351. The molecule has 1 amide bonds. The molecule has 2 rings (SSSR count). The summed E-state index contributed by atoms with van der Waals surface area (Å²) in [6.45, 7) is 4.46. The molecule has 0 radical (unpaired) electrons. The second-order valence-electron chi connectivity index (χ2n) is 4.89. The molecule has 1 fully saturated rings. The maximum absolute atomic E-state index is 12.2. The van der Waals surface area contributed by atoms with Gasteiger partial charge in [0.1, 0.15) is 11.2 Å². The lowest BCUT2D eigenvalue weighted by atomic mass is 9.76. The van der Waals surface area contributed by atoms with Gasteiger partial charge in [0.15, 0.2) is 0 Å². The molecule has 104 valence electrons. The highest BCUT2D eigenvalue weighted by Gasteiger charge is 2.46. The van der Waals surface area contributed by atoms with E-state index in [0.29, 0.717) is 25.1 Å². The Balaban J connectivity index is 2.20. The van der Waals surface area contributed by atoms with E-state index in [0.717, 1.165) is 18.5 Å². The van der Waals surface area contributed by atoms with Gasteiger partial charge in [0.25, 0.3) is 5.91 Å². The first-order valence-electron chi connectivity index (χ1n) is 6.65. The van der Waals surface area contributed by atoms with Crippen LogP contribution in [0.25, 0.3) is 0 Å². The molecule has 0 aliphatic heterocycles. The van der Waals surface area contributed by atoms with Crippen LogP contribution in [0.2, 0.25) is 0 Å². The molecule has 6 nitrogen and oxygen atoms in total. The summed E-state index contributed by atoms with van der Waals surface area (Å²) < 4.78 is 1.61. The number of nitrogens with zero attached hydrogens (tertiary/aromatic N) is 2. The minimum atomic E-state index is -1.08. The minimum Gasteiger partial charge on any atom is -0.480 e. The molecule has 0 saturated heterocycles. The van der Waals surface area contributed by atoms with Crippen LogP contribution in [-0.4, -0.2) is 32.3 Å². The lowest BCUT2D eigenvalue weighted by Gasteiger charge is -2.38. The van der Waals surface area contributed by atoms with Gasteiger partial charge in [-0.3, -0.25) is 9.48 Å². The number of amides is 1. The summed E-state index contributed by atoms with van der Waals surface area (Å²) in [6.07, 6.45) is 2.57. The van der Waals surface area contributed by atoms with Crippen molar-refractivity contribution in [3.8, 4) is 0 Å². The molecule has 1 aromatic rings. The van der Waals surface area contributed by atoms with Gasteiger partial charge in [0, 0.05) is 6.54 Å². The monoisotopic (exact) mass is 265 g/mol. The van der Waals surface area contributed by atoms with Crippen LogP contribution >= 0.6 is 0 Å². The summed E-state index contributed by atoms with van der Waals surface area (Å²) in [6, 6.07) is 1.73. The van der Waals surface area contributed by atoms with Crippen molar-refractivity contribution in [3.05, 3.63) is 17.5 Å². The highest BCUT2D eigenvalue weighted by atomic mass is 16.4. The molecule has 0 unspecified atom stereocenters. The number of rotatable bonds is 5. The van der Waals surface area contributed by atoms with Crippen molar-refractivity contribution in [2.24, 2.45) is 0 Å². The number of aryl methyl sites for hydroxylation is 2. The highest BCUT2D eigenvalue weighted by Crippen LogP contribution is 2.32. The number of aromatic nitrogens is 2. The van der Waals surface area contributed by atoms with Crippen LogP contribution in [0.5, 0.6) is 0 Å². The van der Waals surface area contributed by atoms with Gasteiger partial charge in [-0.05, 0) is 38.7 Å². The van der Waals surface area contributed by atoms with Gasteiger partial charge < -0.3 is 10.4 Å². The zero-order chi connectivity index (χ0) is 14.0. The first-order chi connectivity index (χ1) is 9.02. The number of hydrogen-bond donors (Lipinski definition) is 2. The van der Waals surface area contributed by atoms with E-state index in [1.807, 2.05) is 13.8 Å². The van der Waals surface area contributed by atoms with E-state index in [1.165, 1.54) is 0 Å². The molecule has 1 aliphatic rings. The third kappa shape index (κ3) is 2.34. The van der Waals surface area contributed by atoms with Crippen LogP contribution in [-0.2, 0) is 17.8 Å². The number of carbonyl (C=O) groups excluding carboxylic acids is 1. The maximum atomic E-state index is 12.2. The lowest BCUT2D eigenvalue weighted by molar-refractivity contribution is -0.148. The fourth-order valence-corrected chi connectivity index (χ4v) is 2.27. The standard InChI is InChI=1S/C13H19N3O3/c1-3-9-8-10(16(4-2)15-9)11(17)14-13(12(18)19)6-5-7-13/h8H,3-7H2,1-2H3,(H,14,17)(H,18,19). The SMILES string of the molecule is CCc1cc(C(=O)NC2(C(=O)O)CCC2)n(CC)n1. The molecule has 6 heteroatoms. The van der Waals surface area contributed by atoms with E-state index in [2.05, 4.69) is 10.4 Å². The molecule has 1 heterocycles. The Kier molecular flexibility index (Phi) is 3.59. The molecule has 1 aromatic heterocycles. The second-order valence-corrected chi connectivity index (χ2v) is 4.89. The highest BCUT2D eigenvalue weighted by molar-refractivity contribution is 5.97. The van der Waals surface area contributed by atoms with Gasteiger partial charge in [0.2, 0.25) is 0 Å². The number of carboxylic acids is 1. The van der Waals surface area contributed by atoms with Gasteiger partial charge in [-0.15, -0.1) is 0 Å². The molecule has 0 atom stereocenters. The first-order valence-corrected chi connectivity index (χ1v) is 6.65. The maximum Gasteiger partial charge on any atom is 0.329 e. The largest absolute Gasteiger partial charge is 0.480 e. The smallest absolute Gasteiger partial charge is 0.329 e. The lowest BCUT2D eigenvalue weighted by Crippen LogP contribution is -2.59. The Morgan fingerprint density at radius 3 is 2.58 bits per heavy atom. The number of hydrogen-bond acceptors (Lipinski definition) is 3. The van der Waals surface area contributed by atoms with Crippen molar-refractivity contribution in [3.63, 3.8) is 0 Å². The Morgan fingerprint density at radius 2 is 2.16 bits per heavy atom. The Labute approximate surface area is 111 Å². The summed E-state index contributed by atoms with van der Waals surface area (Å²) in [5, 5.41) is 16.2. The van der Waals surface area contributed by atoms with Crippen molar-refractivity contribution < 1.29 is 14.7 Å². The Morgan fingerprint density at radius 1 is 1.47 bits per heavy atom. The van der Waals surface area contributed by atoms with E-state index in [1.54, 1.807) is 10.7 Å². The van der Waals surface area contributed by atoms with Gasteiger partial charge >= 0.3 is 5.97 Å². The summed E-state index contributed by atoms with van der Waals surface area (Å²) in [5.41, 5.74) is 0.198. The van der Waals surface area contributed by atoms with Crippen molar-refractivity contribution in [1.82, 2.24) is 15.1 Å². The third-order valence-electron chi connectivity index (χ3n) is 3.69. The number of nitrogens with one attached hydrogen (secondary N) is 1. The molecular formula is C13H19N3O3. The predicted octanol–water partition coefficient (Wildman–Crippen LogP) is 1.20. The summed E-state index contributed by atoms with van der Waals surface area (Å²) >= 11 is 0. The van der Waals surface area contributed by atoms with Gasteiger partial charge in [-0.1, -0.05) is 6.92 Å². The molecule has 0 bridgehead atoms. The number of aliphatic carboxylic acids is 1. The van der Waals surface area contributed by atoms with Crippen LogP contribution in [0.4, 0.5) is 0 Å². The zero-order valence-corrected chi connectivity index (χ0v) is 11.3. The van der Waals surface area contributed by atoms with Crippen LogP contribution in [0, 0.1) is 0 Å². The average Bonchev–Trinajstić information content (AvgIpc) is 2.76. The summed E-state index contributed by atoms with van der Waals surface area (Å²) in [4.78, 5) is 23.5.